The lowest BCUT2D eigenvalue weighted by Gasteiger charge is -2.23. The van der Waals surface area contributed by atoms with Gasteiger partial charge in [-0.15, -0.1) is 0 Å². The van der Waals surface area contributed by atoms with Crippen molar-refractivity contribution in [2.45, 2.75) is 44.6 Å². The molecule has 0 aromatic rings. The van der Waals surface area contributed by atoms with Gasteiger partial charge in [-0.25, -0.2) is 0 Å². The molecule has 2 fully saturated rings. The minimum absolute atomic E-state index is 0.804. The third-order valence-corrected chi connectivity index (χ3v) is 3.34. The van der Waals surface area contributed by atoms with Crippen molar-refractivity contribution in [2.75, 3.05) is 26.2 Å². The molecule has 1 atom stereocenters. The molecule has 2 aliphatic heterocycles. The third-order valence-electron chi connectivity index (χ3n) is 3.34. The molecular weight excluding hydrogens is 160 g/mol. The van der Waals surface area contributed by atoms with Gasteiger partial charge in [0.15, 0.2) is 0 Å². The Balaban J connectivity index is 1.71. The highest BCUT2D eigenvalue weighted by molar-refractivity contribution is 4.78. The summed E-state index contributed by atoms with van der Waals surface area (Å²) >= 11 is 0. The SMILES string of the molecule is C1CCCN(C[C@@H]2CCCN2)CC1. The maximum atomic E-state index is 3.58. The van der Waals surface area contributed by atoms with Crippen molar-refractivity contribution in [3.05, 3.63) is 0 Å². The average molecular weight is 182 g/mol. The number of rotatable bonds is 2. The molecule has 2 aliphatic rings. The Labute approximate surface area is 81.7 Å². The van der Waals surface area contributed by atoms with Gasteiger partial charge in [0, 0.05) is 12.6 Å². The topological polar surface area (TPSA) is 15.3 Å². The van der Waals surface area contributed by atoms with E-state index in [0.717, 1.165) is 6.04 Å². The fraction of sp³-hybridized carbons (Fsp3) is 1.00. The van der Waals surface area contributed by atoms with Crippen LogP contribution in [0.3, 0.4) is 0 Å². The number of hydrogen-bond donors (Lipinski definition) is 1. The highest BCUT2D eigenvalue weighted by Crippen LogP contribution is 2.12. The summed E-state index contributed by atoms with van der Waals surface area (Å²) in [5.74, 6) is 0. The lowest BCUT2D eigenvalue weighted by molar-refractivity contribution is 0.259. The molecule has 2 nitrogen and oxygen atoms in total. The molecule has 0 aliphatic carbocycles. The minimum Gasteiger partial charge on any atom is -0.313 e. The minimum atomic E-state index is 0.804. The van der Waals surface area contributed by atoms with Gasteiger partial charge in [0.1, 0.15) is 0 Å². The molecule has 0 saturated carbocycles. The van der Waals surface area contributed by atoms with Crippen LogP contribution in [0.5, 0.6) is 0 Å². The summed E-state index contributed by atoms with van der Waals surface area (Å²) in [6, 6.07) is 0.804. The quantitative estimate of drug-likeness (QED) is 0.698. The molecule has 13 heavy (non-hydrogen) atoms. The molecule has 2 heterocycles. The zero-order valence-corrected chi connectivity index (χ0v) is 8.60. The number of likely N-dealkylation sites (tertiary alicyclic amines) is 1. The molecule has 0 spiro atoms. The Morgan fingerprint density at radius 3 is 2.38 bits per heavy atom. The summed E-state index contributed by atoms with van der Waals surface area (Å²) in [7, 11) is 0. The number of nitrogens with zero attached hydrogens (tertiary/aromatic N) is 1. The highest BCUT2D eigenvalue weighted by atomic mass is 15.2. The Hall–Kier alpha value is -0.0800. The average Bonchev–Trinajstić information content (AvgIpc) is 2.49. The van der Waals surface area contributed by atoms with Crippen molar-refractivity contribution in [3.63, 3.8) is 0 Å². The Morgan fingerprint density at radius 2 is 1.77 bits per heavy atom. The lowest BCUT2D eigenvalue weighted by Crippen LogP contribution is -2.37. The van der Waals surface area contributed by atoms with Crippen LogP contribution in [0.1, 0.15) is 38.5 Å². The van der Waals surface area contributed by atoms with Crippen LogP contribution in [-0.4, -0.2) is 37.1 Å². The van der Waals surface area contributed by atoms with E-state index >= 15 is 0 Å². The smallest absolute Gasteiger partial charge is 0.0195 e. The first-order chi connectivity index (χ1) is 6.45. The second-order valence-corrected chi connectivity index (χ2v) is 4.51. The largest absolute Gasteiger partial charge is 0.313 e. The maximum Gasteiger partial charge on any atom is 0.0195 e. The molecule has 0 bridgehead atoms. The van der Waals surface area contributed by atoms with E-state index in [0.29, 0.717) is 0 Å². The van der Waals surface area contributed by atoms with E-state index in [1.165, 1.54) is 64.7 Å². The maximum absolute atomic E-state index is 3.58. The van der Waals surface area contributed by atoms with Crippen LogP contribution in [0.15, 0.2) is 0 Å². The zero-order chi connectivity index (χ0) is 8.93. The van der Waals surface area contributed by atoms with Gasteiger partial charge < -0.3 is 10.2 Å². The summed E-state index contributed by atoms with van der Waals surface area (Å²) < 4.78 is 0. The summed E-state index contributed by atoms with van der Waals surface area (Å²) in [5.41, 5.74) is 0. The summed E-state index contributed by atoms with van der Waals surface area (Å²) in [5, 5.41) is 3.58. The van der Waals surface area contributed by atoms with Crippen molar-refractivity contribution >= 4 is 0 Å². The summed E-state index contributed by atoms with van der Waals surface area (Å²) in [6.45, 7) is 5.24. The predicted molar refractivity (Wildman–Crippen MR) is 55.9 cm³/mol. The van der Waals surface area contributed by atoms with Gasteiger partial charge in [-0.1, -0.05) is 12.8 Å². The van der Waals surface area contributed by atoms with E-state index in [4.69, 9.17) is 0 Å². The first-order valence-corrected chi connectivity index (χ1v) is 5.91. The molecule has 76 valence electrons. The van der Waals surface area contributed by atoms with Crippen LogP contribution < -0.4 is 5.32 Å². The van der Waals surface area contributed by atoms with E-state index in [9.17, 15) is 0 Å². The van der Waals surface area contributed by atoms with Crippen molar-refractivity contribution in [1.29, 1.82) is 0 Å². The van der Waals surface area contributed by atoms with E-state index in [1.54, 1.807) is 0 Å². The molecule has 0 unspecified atom stereocenters. The molecule has 2 saturated heterocycles. The Morgan fingerprint density at radius 1 is 1.00 bits per heavy atom. The highest BCUT2D eigenvalue weighted by Gasteiger charge is 2.18. The first-order valence-electron chi connectivity index (χ1n) is 5.91. The molecule has 0 aromatic carbocycles. The molecule has 1 N–H and O–H groups in total. The van der Waals surface area contributed by atoms with Gasteiger partial charge in [-0.05, 0) is 45.3 Å². The fourth-order valence-electron chi connectivity index (χ4n) is 2.54. The van der Waals surface area contributed by atoms with Crippen molar-refractivity contribution in [2.24, 2.45) is 0 Å². The van der Waals surface area contributed by atoms with E-state index in [-0.39, 0.29) is 0 Å². The Kier molecular flexibility index (Phi) is 3.62. The predicted octanol–water partition coefficient (Wildman–Crippen LogP) is 1.61. The zero-order valence-electron chi connectivity index (χ0n) is 8.60. The van der Waals surface area contributed by atoms with Crippen molar-refractivity contribution in [1.82, 2.24) is 10.2 Å². The van der Waals surface area contributed by atoms with Crippen LogP contribution >= 0.6 is 0 Å². The second-order valence-electron chi connectivity index (χ2n) is 4.51. The normalized spacial score (nSPS) is 31.8. The fourth-order valence-corrected chi connectivity index (χ4v) is 2.54. The second kappa shape index (κ2) is 4.97. The van der Waals surface area contributed by atoms with E-state index in [2.05, 4.69) is 10.2 Å². The standard InChI is InChI=1S/C11H22N2/c1-2-4-9-13(8-3-1)10-11-6-5-7-12-11/h11-12H,1-10H2/t11-/m0/s1. The van der Waals surface area contributed by atoms with Crippen molar-refractivity contribution in [3.8, 4) is 0 Å². The lowest BCUT2D eigenvalue weighted by atomic mass is 10.2. The molecule has 0 aromatic heterocycles. The molecule has 0 radical (unpaired) electrons. The van der Waals surface area contributed by atoms with Gasteiger partial charge in [0.05, 0.1) is 0 Å². The van der Waals surface area contributed by atoms with Gasteiger partial charge in [-0.2, -0.15) is 0 Å². The third kappa shape index (κ3) is 2.96. The van der Waals surface area contributed by atoms with Crippen LogP contribution in [-0.2, 0) is 0 Å². The van der Waals surface area contributed by atoms with Crippen LogP contribution in [0.25, 0.3) is 0 Å². The monoisotopic (exact) mass is 182 g/mol. The molecular formula is C11H22N2. The number of nitrogens with one attached hydrogen (secondary N) is 1. The summed E-state index contributed by atoms with van der Waals surface area (Å²) in [6.07, 6.45) is 8.54. The van der Waals surface area contributed by atoms with Crippen LogP contribution in [0.4, 0.5) is 0 Å². The first kappa shape index (κ1) is 9.47. The van der Waals surface area contributed by atoms with Crippen LogP contribution in [0.2, 0.25) is 0 Å². The van der Waals surface area contributed by atoms with Crippen molar-refractivity contribution < 1.29 is 0 Å². The molecule has 0 amide bonds. The van der Waals surface area contributed by atoms with Gasteiger partial charge >= 0.3 is 0 Å². The van der Waals surface area contributed by atoms with Gasteiger partial charge in [-0.3, -0.25) is 0 Å². The van der Waals surface area contributed by atoms with Crippen LogP contribution in [0, 0.1) is 0 Å². The van der Waals surface area contributed by atoms with E-state index in [1.807, 2.05) is 0 Å². The molecule has 2 rings (SSSR count). The van der Waals surface area contributed by atoms with Gasteiger partial charge in [0.25, 0.3) is 0 Å². The number of hydrogen-bond acceptors (Lipinski definition) is 2. The van der Waals surface area contributed by atoms with Gasteiger partial charge in [0.2, 0.25) is 0 Å². The van der Waals surface area contributed by atoms with E-state index < -0.39 is 0 Å². The summed E-state index contributed by atoms with van der Waals surface area (Å²) in [4.78, 5) is 2.66. The Bertz CT molecular complexity index is 133. The molecule has 2 heteroatoms.